The molecule has 0 radical (unpaired) electrons. The summed E-state index contributed by atoms with van der Waals surface area (Å²) in [6.45, 7) is 0.470. The summed E-state index contributed by atoms with van der Waals surface area (Å²) in [4.78, 5) is 16.9. The van der Waals surface area contributed by atoms with E-state index in [0.29, 0.717) is 27.6 Å². The van der Waals surface area contributed by atoms with Crippen LogP contribution in [0.5, 0.6) is 0 Å². The molecule has 0 saturated heterocycles. The Morgan fingerprint density at radius 3 is 2.61 bits per heavy atom. The fourth-order valence-corrected chi connectivity index (χ4v) is 3.96. The van der Waals surface area contributed by atoms with Crippen molar-refractivity contribution in [2.45, 2.75) is 6.54 Å². The highest BCUT2D eigenvalue weighted by Crippen LogP contribution is 2.19. The third-order valence-electron chi connectivity index (χ3n) is 3.08. The molecule has 3 rings (SSSR count). The summed E-state index contributed by atoms with van der Waals surface area (Å²) in [6, 6.07) is 17.0. The molecule has 0 spiro atoms. The summed E-state index contributed by atoms with van der Waals surface area (Å²) in [6.07, 6.45) is 0. The van der Waals surface area contributed by atoms with E-state index in [1.807, 2.05) is 42.5 Å². The van der Waals surface area contributed by atoms with Gasteiger partial charge in [0, 0.05) is 17.1 Å². The number of amides is 1. The molecule has 1 aromatic heterocycles. The van der Waals surface area contributed by atoms with E-state index in [2.05, 4.69) is 14.7 Å². The predicted molar refractivity (Wildman–Crippen MR) is 94.3 cm³/mol. The number of aromatic nitrogens is 1. The minimum atomic E-state index is -0.169. The first-order chi connectivity index (χ1) is 11.2. The highest BCUT2D eigenvalue weighted by Gasteiger charge is 2.10. The van der Waals surface area contributed by atoms with Crippen molar-refractivity contribution in [3.05, 3.63) is 75.5 Å². The number of carbonyl (C=O) groups excluding carboxylic acids is 1. The summed E-state index contributed by atoms with van der Waals surface area (Å²) in [5, 5.41) is 3.27. The second-order valence-electron chi connectivity index (χ2n) is 4.64. The minimum Gasteiger partial charge on any atom is -0.348 e. The van der Waals surface area contributed by atoms with Crippen LogP contribution >= 0.6 is 32.5 Å². The van der Waals surface area contributed by atoms with Gasteiger partial charge in [-0.1, -0.05) is 54.1 Å². The van der Waals surface area contributed by atoms with Gasteiger partial charge in [0.2, 0.25) is 0 Å². The van der Waals surface area contributed by atoms with E-state index in [1.54, 1.807) is 12.1 Å². The lowest BCUT2D eigenvalue weighted by Crippen LogP contribution is -2.22. The van der Waals surface area contributed by atoms with E-state index in [9.17, 15) is 4.79 Å². The number of hydrogen-bond donors (Lipinski definition) is 1. The van der Waals surface area contributed by atoms with Crippen molar-refractivity contribution in [2.24, 2.45) is 4.99 Å². The third kappa shape index (κ3) is 4.04. The van der Waals surface area contributed by atoms with Crippen molar-refractivity contribution in [1.82, 2.24) is 9.69 Å². The normalized spacial score (nSPS) is 11.4. The summed E-state index contributed by atoms with van der Waals surface area (Å²) < 4.78 is 4.61. The molecule has 116 valence electrons. The van der Waals surface area contributed by atoms with Crippen LogP contribution in [0.25, 0.3) is 0 Å². The summed E-state index contributed by atoms with van der Waals surface area (Å²) in [7, 11) is 2.65. The lowest BCUT2D eigenvalue weighted by molar-refractivity contribution is 0.0951. The van der Waals surface area contributed by atoms with Gasteiger partial charge in [-0.25, -0.2) is 4.99 Å². The van der Waals surface area contributed by atoms with Gasteiger partial charge in [0.15, 0.2) is 9.82 Å². The summed E-state index contributed by atoms with van der Waals surface area (Å²) in [5.74, 6) is -0.169. The Morgan fingerprint density at radius 2 is 1.87 bits per heavy atom. The molecule has 3 aromatic rings. The van der Waals surface area contributed by atoms with Gasteiger partial charge >= 0.3 is 0 Å². The van der Waals surface area contributed by atoms with E-state index in [0.717, 1.165) is 5.56 Å². The zero-order chi connectivity index (χ0) is 16.1. The predicted octanol–water partition coefficient (Wildman–Crippen LogP) is 4.02. The van der Waals surface area contributed by atoms with Gasteiger partial charge in [-0.15, -0.1) is 0 Å². The number of hydrogen-bond acceptors (Lipinski definition) is 5. The molecule has 0 atom stereocenters. The first-order valence-electron chi connectivity index (χ1n) is 6.81. The number of nitrogens with one attached hydrogen (secondary N) is 1. The average molecular weight is 362 g/mol. The van der Waals surface area contributed by atoms with E-state index >= 15 is 0 Å². The monoisotopic (exact) mass is 361 g/mol. The van der Waals surface area contributed by atoms with Crippen LogP contribution < -0.4 is 9.99 Å². The lowest BCUT2D eigenvalue weighted by Gasteiger charge is -2.07. The second-order valence-corrected chi connectivity index (χ2v) is 6.83. The van der Waals surface area contributed by atoms with E-state index in [1.165, 1.54) is 20.9 Å². The first kappa shape index (κ1) is 15.9. The van der Waals surface area contributed by atoms with E-state index in [4.69, 9.17) is 11.6 Å². The number of carbonyl (C=O) groups is 1. The molecule has 23 heavy (non-hydrogen) atoms. The van der Waals surface area contributed by atoms with Crippen LogP contribution in [0.15, 0.2) is 59.6 Å². The third-order valence-corrected chi connectivity index (χ3v) is 5.25. The maximum Gasteiger partial charge on any atom is 0.253 e. The Balaban J connectivity index is 1.83. The Hall–Kier alpha value is -2.02. The largest absolute Gasteiger partial charge is 0.348 e. The standard InChI is InChI=1S/C16H12ClN3OS2/c17-14-16(22-23-20-14)19-13-9-5-4-8-12(13)15(21)18-10-11-6-2-1-3-7-11/h1-9H,10H2,(H,18,21). The van der Waals surface area contributed by atoms with E-state index in [-0.39, 0.29) is 5.91 Å². The van der Waals surface area contributed by atoms with Crippen LogP contribution in [0.3, 0.4) is 0 Å². The van der Waals surface area contributed by atoms with Crippen LogP contribution in [0.2, 0.25) is 5.15 Å². The fraction of sp³-hybridized carbons (Fsp3) is 0.0625. The van der Waals surface area contributed by atoms with Crippen LogP contribution in [0, 0.1) is 0 Å². The molecular weight excluding hydrogens is 350 g/mol. The molecule has 0 saturated carbocycles. The van der Waals surface area contributed by atoms with Crippen molar-refractivity contribution < 1.29 is 4.79 Å². The average Bonchev–Trinajstić information content (AvgIpc) is 2.99. The van der Waals surface area contributed by atoms with Gasteiger partial charge in [-0.2, -0.15) is 4.37 Å². The van der Waals surface area contributed by atoms with Gasteiger partial charge in [0.05, 0.1) is 11.3 Å². The number of nitrogens with zero attached hydrogens (tertiary/aromatic N) is 2. The number of benzene rings is 2. The molecule has 0 aliphatic heterocycles. The molecule has 1 heterocycles. The maximum absolute atomic E-state index is 12.4. The molecule has 0 aliphatic rings. The van der Waals surface area contributed by atoms with Gasteiger partial charge in [-0.05, 0) is 28.0 Å². The smallest absolute Gasteiger partial charge is 0.253 e. The topological polar surface area (TPSA) is 54.4 Å². The van der Waals surface area contributed by atoms with Crippen molar-refractivity contribution in [1.29, 1.82) is 0 Å². The van der Waals surface area contributed by atoms with Crippen LogP contribution in [-0.4, -0.2) is 10.3 Å². The van der Waals surface area contributed by atoms with Gasteiger partial charge in [0.1, 0.15) is 0 Å². The number of halogens is 1. The summed E-state index contributed by atoms with van der Waals surface area (Å²) >= 11 is 5.98. The Bertz CT molecular complexity index is 874. The van der Waals surface area contributed by atoms with Crippen LogP contribution in [0.4, 0.5) is 5.69 Å². The molecule has 1 N–H and O–H groups in total. The Morgan fingerprint density at radius 1 is 1.13 bits per heavy atom. The second kappa shape index (κ2) is 7.50. The van der Waals surface area contributed by atoms with Crippen LogP contribution in [-0.2, 0) is 6.54 Å². The van der Waals surface area contributed by atoms with Gasteiger partial charge in [-0.3, -0.25) is 4.79 Å². The number of rotatable bonds is 4. The fourth-order valence-electron chi connectivity index (χ4n) is 1.97. The Kier molecular flexibility index (Phi) is 5.17. The van der Waals surface area contributed by atoms with Crippen LogP contribution in [0.1, 0.15) is 15.9 Å². The molecule has 2 aromatic carbocycles. The Labute approximate surface area is 145 Å². The molecule has 0 bridgehead atoms. The minimum absolute atomic E-state index is 0.169. The van der Waals surface area contributed by atoms with Gasteiger partial charge in [0.25, 0.3) is 5.91 Å². The molecule has 0 aliphatic carbocycles. The van der Waals surface area contributed by atoms with Crippen molar-refractivity contribution in [3.8, 4) is 0 Å². The SMILES string of the molecule is O=C(NCc1ccccc1)c1ccccc1N=c1ssnc1Cl. The van der Waals surface area contributed by atoms with Crippen molar-refractivity contribution in [2.75, 3.05) is 0 Å². The molecule has 4 nitrogen and oxygen atoms in total. The summed E-state index contributed by atoms with van der Waals surface area (Å²) in [5.41, 5.74) is 2.14. The molecule has 1 amide bonds. The molecule has 0 fully saturated rings. The molecule has 7 heteroatoms. The van der Waals surface area contributed by atoms with E-state index < -0.39 is 0 Å². The highest BCUT2D eigenvalue weighted by atomic mass is 35.5. The van der Waals surface area contributed by atoms with Crippen molar-refractivity contribution >= 4 is 44.1 Å². The van der Waals surface area contributed by atoms with Crippen molar-refractivity contribution in [3.63, 3.8) is 0 Å². The quantitative estimate of drug-likeness (QED) is 0.713. The maximum atomic E-state index is 12.4. The first-order valence-corrected chi connectivity index (χ1v) is 9.30. The zero-order valence-corrected chi connectivity index (χ0v) is 14.3. The zero-order valence-electron chi connectivity index (χ0n) is 11.9. The lowest BCUT2D eigenvalue weighted by atomic mass is 10.1. The number of para-hydroxylation sites is 1. The van der Waals surface area contributed by atoms with Gasteiger partial charge < -0.3 is 5.32 Å². The highest BCUT2D eigenvalue weighted by molar-refractivity contribution is 7.66. The molecule has 0 unspecified atom stereocenters. The molecular formula is C16H12ClN3OS2.